The van der Waals surface area contributed by atoms with Gasteiger partial charge >= 0.3 is 0 Å². The summed E-state index contributed by atoms with van der Waals surface area (Å²) < 4.78 is 25.3. The monoisotopic (exact) mass is 452 g/mol. The lowest BCUT2D eigenvalue weighted by Crippen LogP contribution is -2.49. The van der Waals surface area contributed by atoms with E-state index in [1.54, 1.807) is 17.0 Å². The van der Waals surface area contributed by atoms with Crippen molar-refractivity contribution in [3.05, 3.63) is 71.7 Å². The molecule has 5 rings (SSSR count). The third-order valence-corrected chi connectivity index (χ3v) is 6.26. The number of halogens is 1. The van der Waals surface area contributed by atoms with Gasteiger partial charge in [0, 0.05) is 26.2 Å². The molecule has 0 atom stereocenters. The Labute approximate surface area is 188 Å². The number of oxazole rings is 2. The first kappa shape index (κ1) is 20.6. The fourth-order valence-corrected chi connectivity index (χ4v) is 4.43. The number of nitrogens with zero attached hydrogens (tertiary/aromatic N) is 4. The van der Waals surface area contributed by atoms with E-state index < -0.39 is 0 Å². The second kappa shape index (κ2) is 8.66. The molecule has 7 nitrogen and oxygen atoms in total. The second-order valence-corrected chi connectivity index (χ2v) is 8.47. The first-order valence-corrected chi connectivity index (χ1v) is 11.3. The molecule has 0 N–H and O–H groups in total. The molecule has 0 bridgehead atoms. The number of anilines is 1. The average Bonchev–Trinajstić information content (AvgIpc) is 3.45. The van der Waals surface area contributed by atoms with Crippen molar-refractivity contribution in [1.82, 2.24) is 14.9 Å². The molecule has 32 heavy (non-hydrogen) atoms. The molecule has 0 radical (unpaired) electrons. The molecular formula is C23H21FN4O3S. The van der Waals surface area contributed by atoms with E-state index in [9.17, 15) is 9.18 Å². The van der Waals surface area contributed by atoms with Crippen LogP contribution < -0.4 is 4.90 Å². The van der Waals surface area contributed by atoms with E-state index in [1.165, 1.54) is 24.1 Å². The van der Waals surface area contributed by atoms with Crippen molar-refractivity contribution >= 4 is 34.5 Å². The maximum Gasteiger partial charge on any atom is 0.275 e. The van der Waals surface area contributed by atoms with Crippen molar-refractivity contribution in [1.29, 1.82) is 0 Å². The highest BCUT2D eigenvalue weighted by atomic mass is 32.2. The van der Waals surface area contributed by atoms with E-state index in [1.807, 2.05) is 36.1 Å². The lowest BCUT2D eigenvalue weighted by atomic mass is 10.2. The summed E-state index contributed by atoms with van der Waals surface area (Å²) in [4.78, 5) is 25.3. The number of fused-ring (bicyclic) bond motifs is 1. The Kier molecular flexibility index (Phi) is 5.57. The van der Waals surface area contributed by atoms with Gasteiger partial charge in [0.05, 0.1) is 11.4 Å². The topological polar surface area (TPSA) is 75.6 Å². The number of thioether (sulfide) groups is 1. The quantitative estimate of drug-likeness (QED) is 0.412. The maximum atomic E-state index is 14.0. The van der Waals surface area contributed by atoms with Gasteiger partial charge in [-0.15, -0.1) is 0 Å². The summed E-state index contributed by atoms with van der Waals surface area (Å²) >= 11 is 1.37. The fraction of sp³-hybridized carbons (Fsp3) is 0.261. The highest BCUT2D eigenvalue weighted by Gasteiger charge is 2.25. The Morgan fingerprint density at radius 2 is 1.91 bits per heavy atom. The predicted molar refractivity (Wildman–Crippen MR) is 119 cm³/mol. The highest BCUT2D eigenvalue weighted by molar-refractivity contribution is 7.98. The zero-order chi connectivity index (χ0) is 22.1. The van der Waals surface area contributed by atoms with Crippen LogP contribution in [0.25, 0.3) is 11.1 Å². The lowest BCUT2D eigenvalue weighted by molar-refractivity contribution is 0.0740. The molecule has 1 saturated heterocycles. The summed E-state index contributed by atoms with van der Waals surface area (Å²) in [6, 6.07) is 12.5. The van der Waals surface area contributed by atoms with Crippen molar-refractivity contribution in [2.45, 2.75) is 17.9 Å². The molecule has 1 amide bonds. The molecule has 9 heteroatoms. The second-order valence-electron chi connectivity index (χ2n) is 7.55. The predicted octanol–water partition coefficient (Wildman–Crippen LogP) is 4.52. The molecule has 0 unspecified atom stereocenters. The van der Waals surface area contributed by atoms with Gasteiger partial charge in [0.25, 0.3) is 11.1 Å². The van der Waals surface area contributed by atoms with Gasteiger partial charge in [-0.05, 0) is 30.7 Å². The van der Waals surface area contributed by atoms with Gasteiger partial charge in [0.15, 0.2) is 11.3 Å². The number of rotatable bonds is 5. The summed E-state index contributed by atoms with van der Waals surface area (Å²) in [6.45, 7) is 4.09. The Hall–Kier alpha value is -3.33. The molecule has 0 saturated carbocycles. The third kappa shape index (κ3) is 4.08. The molecule has 4 aromatic rings. The van der Waals surface area contributed by atoms with Crippen LogP contribution >= 0.6 is 11.8 Å². The Morgan fingerprint density at radius 3 is 2.69 bits per heavy atom. The van der Waals surface area contributed by atoms with Crippen LogP contribution in [-0.2, 0) is 5.75 Å². The normalized spacial score (nSPS) is 14.3. The summed E-state index contributed by atoms with van der Waals surface area (Å²) in [5.74, 6) is 0.401. The van der Waals surface area contributed by atoms with E-state index in [-0.39, 0.29) is 17.4 Å². The first-order chi connectivity index (χ1) is 15.6. The minimum Gasteiger partial charge on any atom is -0.447 e. The van der Waals surface area contributed by atoms with Crippen LogP contribution in [-0.4, -0.2) is 47.0 Å². The number of amides is 1. The number of aryl methyl sites for hydroxylation is 1. The zero-order valence-electron chi connectivity index (χ0n) is 17.5. The number of benzene rings is 2. The molecule has 164 valence electrons. The van der Waals surface area contributed by atoms with Gasteiger partial charge in [-0.3, -0.25) is 4.79 Å². The molecular weight excluding hydrogens is 431 g/mol. The van der Waals surface area contributed by atoms with Crippen molar-refractivity contribution in [3.63, 3.8) is 0 Å². The van der Waals surface area contributed by atoms with Crippen molar-refractivity contribution in [2.75, 3.05) is 31.1 Å². The van der Waals surface area contributed by atoms with E-state index in [4.69, 9.17) is 8.83 Å². The van der Waals surface area contributed by atoms with E-state index in [0.717, 1.165) is 16.7 Å². The van der Waals surface area contributed by atoms with E-state index in [0.29, 0.717) is 48.7 Å². The standard InChI is InChI=1S/C23H21FN4O3S/c1-15-5-4-8-19-21(15)26-23(31-19)32-14-20-25-17(13-30-20)22(29)28-11-9-27(10-12-28)18-7-3-2-6-16(18)24/h2-8,13H,9-12,14H2,1H3. The number of piperazine rings is 1. The highest BCUT2D eigenvalue weighted by Crippen LogP contribution is 2.28. The minimum atomic E-state index is -0.250. The number of carbonyl (C=O) groups is 1. The average molecular weight is 453 g/mol. The number of para-hydroxylation sites is 2. The summed E-state index contributed by atoms with van der Waals surface area (Å²) in [5, 5.41) is 0.532. The van der Waals surface area contributed by atoms with Gasteiger partial charge in [0.1, 0.15) is 17.6 Å². The molecule has 3 heterocycles. The van der Waals surface area contributed by atoms with E-state index in [2.05, 4.69) is 9.97 Å². The van der Waals surface area contributed by atoms with Crippen LogP contribution in [0.4, 0.5) is 10.1 Å². The van der Waals surface area contributed by atoms with Crippen LogP contribution in [0, 0.1) is 12.7 Å². The molecule has 2 aromatic heterocycles. The summed E-state index contributed by atoms with van der Waals surface area (Å²) in [7, 11) is 0. The van der Waals surface area contributed by atoms with Crippen LogP contribution in [0.5, 0.6) is 0 Å². The first-order valence-electron chi connectivity index (χ1n) is 10.3. The van der Waals surface area contributed by atoms with Gasteiger partial charge in [-0.25, -0.2) is 14.4 Å². The number of carbonyl (C=O) groups excluding carboxylic acids is 1. The van der Waals surface area contributed by atoms with Crippen molar-refractivity contribution in [2.24, 2.45) is 0 Å². The number of aromatic nitrogens is 2. The molecule has 1 aliphatic rings. The molecule has 1 fully saturated rings. The van der Waals surface area contributed by atoms with Crippen LogP contribution in [0.2, 0.25) is 0 Å². The van der Waals surface area contributed by atoms with Gasteiger partial charge in [-0.2, -0.15) is 0 Å². The zero-order valence-corrected chi connectivity index (χ0v) is 18.3. The van der Waals surface area contributed by atoms with Crippen LogP contribution in [0.15, 0.2) is 62.8 Å². The molecule has 0 spiro atoms. The Bertz CT molecular complexity index is 1260. The van der Waals surface area contributed by atoms with Crippen molar-refractivity contribution in [3.8, 4) is 0 Å². The fourth-order valence-electron chi connectivity index (χ4n) is 3.75. The Morgan fingerprint density at radius 1 is 1.09 bits per heavy atom. The summed E-state index contributed by atoms with van der Waals surface area (Å²) in [5.41, 5.74) is 3.47. The largest absolute Gasteiger partial charge is 0.447 e. The van der Waals surface area contributed by atoms with Gasteiger partial charge in [-0.1, -0.05) is 36.0 Å². The molecule has 1 aliphatic heterocycles. The smallest absolute Gasteiger partial charge is 0.275 e. The van der Waals surface area contributed by atoms with E-state index >= 15 is 0 Å². The van der Waals surface area contributed by atoms with Crippen molar-refractivity contribution < 1.29 is 18.0 Å². The van der Waals surface area contributed by atoms with Crippen LogP contribution in [0.1, 0.15) is 21.9 Å². The van der Waals surface area contributed by atoms with Gasteiger partial charge in [0.2, 0.25) is 5.89 Å². The SMILES string of the molecule is Cc1cccc2oc(SCc3nc(C(=O)N4CCN(c5ccccc5F)CC4)co3)nc12. The maximum absolute atomic E-state index is 14.0. The number of hydrogen-bond acceptors (Lipinski definition) is 7. The Balaban J connectivity index is 1.18. The van der Waals surface area contributed by atoms with Gasteiger partial charge < -0.3 is 18.6 Å². The lowest BCUT2D eigenvalue weighted by Gasteiger charge is -2.35. The molecule has 0 aliphatic carbocycles. The summed E-state index contributed by atoms with van der Waals surface area (Å²) in [6.07, 6.45) is 1.39. The minimum absolute atomic E-state index is 0.185. The van der Waals surface area contributed by atoms with Crippen LogP contribution in [0.3, 0.4) is 0 Å². The molecule has 2 aromatic carbocycles. The number of hydrogen-bond donors (Lipinski definition) is 0. The third-order valence-electron chi connectivity index (χ3n) is 5.45.